The van der Waals surface area contributed by atoms with Crippen LogP contribution >= 0.6 is 11.3 Å². The number of thiazole rings is 1. The molecule has 0 unspecified atom stereocenters. The van der Waals surface area contributed by atoms with E-state index in [9.17, 15) is 14.4 Å². The molecule has 180 valence electrons. The van der Waals surface area contributed by atoms with Crippen molar-refractivity contribution in [2.75, 3.05) is 13.2 Å². The summed E-state index contributed by atoms with van der Waals surface area (Å²) in [6.07, 6.45) is 0.199. The van der Waals surface area contributed by atoms with Crippen LogP contribution in [0.25, 0.3) is 11.1 Å². The van der Waals surface area contributed by atoms with Crippen molar-refractivity contribution in [2.24, 2.45) is 11.8 Å². The summed E-state index contributed by atoms with van der Waals surface area (Å²) in [4.78, 5) is 40.5. The van der Waals surface area contributed by atoms with Crippen molar-refractivity contribution in [3.8, 4) is 11.1 Å². The quantitative estimate of drug-likeness (QED) is 0.439. The van der Waals surface area contributed by atoms with Gasteiger partial charge in [-0.05, 0) is 41.5 Å². The molecule has 0 bridgehead atoms. The van der Waals surface area contributed by atoms with Gasteiger partial charge >= 0.3 is 12.1 Å². The first-order valence-electron chi connectivity index (χ1n) is 11.5. The van der Waals surface area contributed by atoms with Gasteiger partial charge in [0.05, 0.1) is 6.54 Å². The fourth-order valence-electron chi connectivity index (χ4n) is 4.68. The molecule has 3 N–H and O–H groups in total. The van der Waals surface area contributed by atoms with E-state index in [-0.39, 0.29) is 42.5 Å². The molecule has 0 spiro atoms. The predicted octanol–water partition coefficient (Wildman–Crippen LogP) is 3.94. The standard InChI is InChI=1S/C26H25N3O5S/c1-14-23(25(31)32)29-22(35-14)12-27-24(30)20-10-15(20)11-28-26(33)34-13-21-18-8-4-2-6-16(18)17-7-3-5-9-19(17)21/h2-9,15,20-21H,10-13H2,1H3,(H,27,30)(H,28,33)(H,31,32)/t15-,20-/m1/s1. The van der Waals surface area contributed by atoms with Crippen LogP contribution in [0.3, 0.4) is 0 Å². The molecule has 35 heavy (non-hydrogen) atoms. The second kappa shape index (κ2) is 9.50. The van der Waals surface area contributed by atoms with E-state index in [2.05, 4.69) is 39.9 Å². The molecule has 9 heteroatoms. The fourth-order valence-corrected chi connectivity index (χ4v) is 5.54. The molecule has 2 aliphatic rings. The minimum absolute atomic E-state index is 0.00346. The Hall–Kier alpha value is -3.72. The zero-order valence-corrected chi connectivity index (χ0v) is 19.9. The number of carbonyl (C=O) groups excluding carboxylic acids is 2. The Kier molecular flexibility index (Phi) is 6.25. The van der Waals surface area contributed by atoms with Gasteiger partial charge in [-0.1, -0.05) is 48.5 Å². The van der Waals surface area contributed by atoms with E-state index in [1.807, 2.05) is 24.3 Å². The average Bonchev–Trinajstić information content (AvgIpc) is 3.44. The summed E-state index contributed by atoms with van der Waals surface area (Å²) in [5, 5.41) is 15.2. The molecular formula is C26H25N3O5S. The van der Waals surface area contributed by atoms with E-state index in [1.54, 1.807) is 6.92 Å². The van der Waals surface area contributed by atoms with Crippen LogP contribution in [0.1, 0.15) is 43.8 Å². The number of carboxylic acids is 1. The van der Waals surface area contributed by atoms with Crippen LogP contribution in [0.5, 0.6) is 0 Å². The normalized spacial score (nSPS) is 17.9. The smallest absolute Gasteiger partial charge is 0.407 e. The molecule has 2 aliphatic carbocycles. The van der Waals surface area contributed by atoms with Crippen molar-refractivity contribution in [3.05, 3.63) is 75.2 Å². The van der Waals surface area contributed by atoms with Gasteiger partial charge in [-0.2, -0.15) is 0 Å². The van der Waals surface area contributed by atoms with Crippen molar-refractivity contribution in [3.63, 3.8) is 0 Å². The van der Waals surface area contributed by atoms with Crippen LogP contribution in [0.15, 0.2) is 48.5 Å². The van der Waals surface area contributed by atoms with E-state index in [0.717, 1.165) is 11.1 Å². The summed E-state index contributed by atoms with van der Waals surface area (Å²) in [5.74, 6) is -1.30. The maximum atomic E-state index is 12.4. The molecule has 1 heterocycles. The van der Waals surface area contributed by atoms with Gasteiger partial charge in [0.2, 0.25) is 5.91 Å². The molecule has 1 saturated carbocycles. The highest BCUT2D eigenvalue weighted by Gasteiger charge is 2.43. The fraction of sp³-hybridized carbons (Fsp3) is 0.308. The number of aromatic carboxylic acids is 1. The Labute approximate surface area is 206 Å². The lowest BCUT2D eigenvalue weighted by molar-refractivity contribution is -0.122. The minimum atomic E-state index is -1.07. The first-order chi connectivity index (χ1) is 16.9. The van der Waals surface area contributed by atoms with Crippen LogP contribution < -0.4 is 10.6 Å². The summed E-state index contributed by atoms with van der Waals surface area (Å²) in [5.41, 5.74) is 4.69. The number of nitrogens with zero attached hydrogens (tertiary/aromatic N) is 1. The number of amides is 2. The number of hydrogen-bond acceptors (Lipinski definition) is 6. The Balaban J connectivity index is 1.07. The number of fused-ring (bicyclic) bond motifs is 3. The summed E-state index contributed by atoms with van der Waals surface area (Å²) in [6.45, 7) is 2.51. The number of aromatic nitrogens is 1. The molecule has 5 rings (SSSR count). The van der Waals surface area contributed by atoms with Crippen molar-refractivity contribution in [1.29, 1.82) is 0 Å². The second-order valence-electron chi connectivity index (χ2n) is 8.84. The third-order valence-corrected chi connectivity index (χ3v) is 7.54. The molecule has 0 aliphatic heterocycles. The molecular weight excluding hydrogens is 466 g/mol. The molecule has 8 nitrogen and oxygen atoms in total. The Morgan fingerprint density at radius 2 is 1.71 bits per heavy atom. The monoisotopic (exact) mass is 491 g/mol. The lowest BCUT2D eigenvalue weighted by Gasteiger charge is -2.14. The number of rotatable bonds is 8. The highest BCUT2D eigenvalue weighted by molar-refractivity contribution is 7.11. The number of carboxylic acid groups (broad SMARTS) is 1. The maximum Gasteiger partial charge on any atom is 0.407 e. The minimum Gasteiger partial charge on any atom is -0.476 e. The largest absolute Gasteiger partial charge is 0.476 e. The topological polar surface area (TPSA) is 118 Å². The van der Waals surface area contributed by atoms with E-state index >= 15 is 0 Å². The average molecular weight is 492 g/mol. The van der Waals surface area contributed by atoms with Crippen LogP contribution in [-0.4, -0.2) is 41.2 Å². The first kappa shape index (κ1) is 23.0. The molecule has 3 aromatic rings. The van der Waals surface area contributed by atoms with Crippen LogP contribution in [0, 0.1) is 18.8 Å². The van der Waals surface area contributed by atoms with Gasteiger partial charge in [-0.15, -0.1) is 11.3 Å². The number of ether oxygens (including phenoxy) is 1. The van der Waals surface area contributed by atoms with E-state index in [0.29, 0.717) is 22.9 Å². The van der Waals surface area contributed by atoms with Crippen molar-refractivity contribution >= 4 is 29.3 Å². The van der Waals surface area contributed by atoms with Gasteiger partial charge < -0.3 is 20.5 Å². The number of alkyl carbamates (subject to hydrolysis) is 1. The number of nitrogens with one attached hydrogen (secondary N) is 2. The molecule has 0 saturated heterocycles. The summed E-state index contributed by atoms with van der Waals surface area (Å²) >= 11 is 1.26. The third kappa shape index (κ3) is 4.77. The van der Waals surface area contributed by atoms with Gasteiger partial charge in [0.25, 0.3) is 0 Å². The summed E-state index contributed by atoms with van der Waals surface area (Å²) in [7, 11) is 0. The number of aryl methyl sites for hydroxylation is 1. The zero-order valence-electron chi connectivity index (χ0n) is 19.1. The molecule has 2 atom stereocenters. The van der Waals surface area contributed by atoms with Crippen LogP contribution in [0.4, 0.5) is 4.79 Å². The number of benzene rings is 2. The summed E-state index contributed by atoms with van der Waals surface area (Å²) < 4.78 is 5.55. The lowest BCUT2D eigenvalue weighted by atomic mass is 9.98. The highest BCUT2D eigenvalue weighted by atomic mass is 32.1. The van der Waals surface area contributed by atoms with Crippen LogP contribution in [0.2, 0.25) is 0 Å². The van der Waals surface area contributed by atoms with Gasteiger partial charge in [0.1, 0.15) is 11.6 Å². The van der Waals surface area contributed by atoms with E-state index in [4.69, 9.17) is 9.84 Å². The van der Waals surface area contributed by atoms with Crippen molar-refractivity contribution in [1.82, 2.24) is 15.6 Å². The highest BCUT2D eigenvalue weighted by Crippen LogP contribution is 2.44. The second-order valence-corrected chi connectivity index (χ2v) is 10.1. The SMILES string of the molecule is Cc1sc(CNC(=O)[C@@H]2C[C@@H]2CNC(=O)OCC2c3ccccc3-c3ccccc32)nc1C(=O)O. The van der Waals surface area contributed by atoms with Gasteiger partial charge in [0, 0.05) is 23.3 Å². The van der Waals surface area contributed by atoms with Crippen molar-refractivity contribution in [2.45, 2.75) is 25.8 Å². The third-order valence-electron chi connectivity index (χ3n) is 6.57. The molecule has 2 amide bonds. The van der Waals surface area contributed by atoms with Gasteiger partial charge in [0.15, 0.2) is 5.69 Å². The Morgan fingerprint density at radius 1 is 1.06 bits per heavy atom. The molecule has 1 aromatic heterocycles. The Bertz CT molecular complexity index is 1260. The van der Waals surface area contributed by atoms with Gasteiger partial charge in [-0.25, -0.2) is 14.6 Å². The lowest BCUT2D eigenvalue weighted by Crippen LogP contribution is -2.30. The first-order valence-corrected chi connectivity index (χ1v) is 12.3. The maximum absolute atomic E-state index is 12.4. The molecule has 2 aromatic carbocycles. The molecule has 0 radical (unpaired) electrons. The zero-order chi connectivity index (χ0) is 24.5. The van der Waals surface area contributed by atoms with Crippen LogP contribution in [-0.2, 0) is 16.1 Å². The van der Waals surface area contributed by atoms with Gasteiger partial charge in [-0.3, -0.25) is 4.79 Å². The Morgan fingerprint density at radius 3 is 2.34 bits per heavy atom. The number of hydrogen-bond donors (Lipinski definition) is 3. The van der Waals surface area contributed by atoms with E-state index < -0.39 is 12.1 Å². The van der Waals surface area contributed by atoms with E-state index in [1.165, 1.54) is 22.5 Å². The van der Waals surface area contributed by atoms with Crippen molar-refractivity contribution < 1.29 is 24.2 Å². The predicted molar refractivity (Wildman–Crippen MR) is 130 cm³/mol. The number of carbonyl (C=O) groups is 3. The summed E-state index contributed by atoms with van der Waals surface area (Å²) in [6, 6.07) is 16.3. The molecule has 1 fully saturated rings.